The topological polar surface area (TPSA) is 73.0 Å². The number of para-hydroxylation sites is 1. The minimum atomic E-state index is -0.743. The summed E-state index contributed by atoms with van der Waals surface area (Å²) in [6, 6.07) is 14.4. The molecule has 0 saturated heterocycles. The van der Waals surface area contributed by atoms with Crippen LogP contribution in [0.3, 0.4) is 0 Å². The minimum Gasteiger partial charge on any atom is -0.290 e. The van der Waals surface area contributed by atoms with Crippen molar-refractivity contribution in [3.05, 3.63) is 76.5 Å². The Hall–Kier alpha value is -3.29. The van der Waals surface area contributed by atoms with Gasteiger partial charge in [-0.05, 0) is 66.9 Å². The predicted octanol–water partition coefficient (Wildman–Crippen LogP) is 3.00. The zero-order valence-electron chi connectivity index (χ0n) is 15.6. The van der Waals surface area contributed by atoms with Gasteiger partial charge in [-0.25, -0.2) is 14.0 Å². The molecule has 0 unspecified atom stereocenters. The van der Waals surface area contributed by atoms with Gasteiger partial charge >= 0.3 is 11.7 Å². The lowest BCUT2D eigenvalue weighted by atomic mass is 10.1. The molecule has 28 heavy (non-hydrogen) atoms. The second-order valence-corrected chi connectivity index (χ2v) is 7.21. The number of halogens is 1. The Balaban J connectivity index is 1.73. The first-order chi connectivity index (χ1) is 13.4. The van der Waals surface area contributed by atoms with Crippen LogP contribution in [-0.2, 0) is 5.54 Å². The smallest absolute Gasteiger partial charge is 0.290 e. The Kier molecular flexibility index (Phi) is 4.33. The number of benzene rings is 2. The van der Waals surface area contributed by atoms with Crippen LogP contribution in [-0.4, -0.2) is 31.9 Å². The van der Waals surface area contributed by atoms with Gasteiger partial charge < -0.3 is 0 Å². The number of carbonyl (C=O) groups excluding carboxylic acids is 1. The molecule has 0 N–H and O–H groups in total. The first-order valence-electron chi connectivity index (χ1n) is 9.14. The van der Waals surface area contributed by atoms with Crippen LogP contribution in [0, 0.1) is 5.82 Å². The molecule has 1 aliphatic rings. The van der Waals surface area contributed by atoms with Gasteiger partial charge in [0.2, 0.25) is 0 Å². The van der Waals surface area contributed by atoms with Crippen molar-refractivity contribution < 1.29 is 9.18 Å². The molecular weight excluding hydrogens is 361 g/mol. The molecule has 7 nitrogen and oxygen atoms in total. The highest BCUT2D eigenvalue weighted by atomic mass is 19.1. The molecule has 1 amide bonds. The van der Waals surface area contributed by atoms with Crippen molar-refractivity contribution in [2.75, 3.05) is 4.90 Å². The fourth-order valence-corrected chi connectivity index (χ4v) is 3.47. The highest BCUT2D eigenvalue weighted by Gasteiger charge is 2.50. The van der Waals surface area contributed by atoms with Gasteiger partial charge in [-0.3, -0.25) is 4.90 Å². The molecule has 0 atom stereocenters. The molecule has 4 rings (SSSR count). The summed E-state index contributed by atoms with van der Waals surface area (Å²) in [5.41, 5.74) is -0.0611. The van der Waals surface area contributed by atoms with E-state index in [-0.39, 0.29) is 11.9 Å². The second kappa shape index (κ2) is 6.70. The van der Waals surface area contributed by atoms with Gasteiger partial charge in [0.1, 0.15) is 5.82 Å². The Morgan fingerprint density at radius 1 is 1.11 bits per heavy atom. The first kappa shape index (κ1) is 18.1. The van der Waals surface area contributed by atoms with E-state index in [9.17, 15) is 14.0 Å². The van der Waals surface area contributed by atoms with Gasteiger partial charge in [0.15, 0.2) is 0 Å². The Bertz CT molecular complexity index is 1070. The third kappa shape index (κ3) is 2.90. The van der Waals surface area contributed by atoms with E-state index in [1.807, 2.05) is 32.0 Å². The Morgan fingerprint density at radius 2 is 1.82 bits per heavy atom. The summed E-state index contributed by atoms with van der Waals surface area (Å²) in [5, 5.41) is 7.79. The molecule has 144 valence electrons. The van der Waals surface area contributed by atoms with Crippen molar-refractivity contribution in [1.29, 1.82) is 0 Å². The number of carbonyl (C=O) groups is 1. The molecule has 8 heteroatoms. The monoisotopic (exact) mass is 381 g/mol. The lowest BCUT2D eigenvalue weighted by Gasteiger charge is -2.25. The highest BCUT2D eigenvalue weighted by Crippen LogP contribution is 2.48. The van der Waals surface area contributed by atoms with Crippen LogP contribution in [0.5, 0.6) is 0 Å². The van der Waals surface area contributed by atoms with Crippen molar-refractivity contribution in [3.8, 4) is 0 Å². The molecule has 1 saturated carbocycles. The fraction of sp³-hybridized carbons (Fsp3) is 0.300. The zero-order valence-corrected chi connectivity index (χ0v) is 15.6. The van der Waals surface area contributed by atoms with E-state index in [0.717, 1.165) is 4.68 Å². The number of aromatic nitrogens is 4. The number of anilines is 1. The normalized spacial score (nSPS) is 14.9. The summed E-state index contributed by atoms with van der Waals surface area (Å²) >= 11 is 0. The van der Waals surface area contributed by atoms with Crippen molar-refractivity contribution >= 4 is 11.7 Å². The average molecular weight is 381 g/mol. The Labute approximate surface area is 161 Å². The quantitative estimate of drug-likeness (QED) is 0.651. The van der Waals surface area contributed by atoms with E-state index >= 15 is 0 Å². The van der Waals surface area contributed by atoms with E-state index in [2.05, 4.69) is 10.4 Å². The Morgan fingerprint density at radius 3 is 2.43 bits per heavy atom. The van der Waals surface area contributed by atoms with Crippen LogP contribution in [0.1, 0.15) is 32.3 Å². The molecule has 0 bridgehead atoms. The molecule has 0 aliphatic heterocycles. The summed E-state index contributed by atoms with van der Waals surface area (Å²) in [6.07, 6.45) is 1.27. The van der Waals surface area contributed by atoms with Gasteiger partial charge in [0.05, 0.1) is 5.54 Å². The number of tetrazole rings is 1. The third-order valence-electron chi connectivity index (χ3n) is 5.01. The number of amides is 1. The lowest BCUT2D eigenvalue weighted by Crippen LogP contribution is -2.45. The first-order valence-corrected chi connectivity index (χ1v) is 9.14. The molecule has 1 aliphatic carbocycles. The van der Waals surface area contributed by atoms with Gasteiger partial charge in [-0.2, -0.15) is 4.68 Å². The summed E-state index contributed by atoms with van der Waals surface area (Å²) in [4.78, 5) is 27.5. The number of nitrogens with zero attached hydrogens (tertiary/aromatic N) is 5. The standard InChI is InChI=1S/C20H20FN5O2/c1-14(2)24(17-9-4-3-5-10-17)18(27)25-19(28)26(23-22-25)20(11-12-20)15-7-6-8-16(21)13-15/h3-10,13-14H,11-12H2,1-2H3. The van der Waals surface area contributed by atoms with Crippen molar-refractivity contribution in [3.63, 3.8) is 0 Å². The van der Waals surface area contributed by atoms with E-state index in [0.29, 0.717) is 24.1 Å². The molecule has 3 aromatic rings. The van der Waals surface area contributed by atoms with E-state index in [1.54, 1.807) is 24.3 Å². The average Bonchev–Trinajstić information content (AvgIpc) is 3.39. The van der Waals surface area contributed by atoms with Gasteiger partial charge in [0.25, 0.3) is 0 Å². The summed E-state index contributed by atoms with van der Waals surface area (Å²) in [6.45, 7) is 3.71. The second-order valence-electron chi connectivity index (χ2n) is 7.21. The summed E-state index contributed by atoms with van der Waals surface area (Å²) < 4.78 is 15.6. The maximum absolute atomic E-state index is 13.7. The van der Waals surface area contributed by atoms with Crippen molar-refractivity contribution in [2.45, 2.75) is 38.3 Å². The SMILES string of the molecule is CC(C)N(C(=O)n1nnn(C2(c3cccc(F)c3)CC2)c1=O)c1ccccc1. The molecule has 0 spiro atoms. The van der Waals surface area contributed by atoms with Crippen LogP contribution >= 0.6 is 0 Å². The summed E-state index contributed by atoms with van der Waals surface area (Å²) in [5.74, 6) is -0.379. The van der Waals surface area contributed by atoms with Crippen molar-refractivity contribution in [1.82, 2.24) is 19.8 Å². The maximum atomic E-state index is 13.7. The van der Waals surface area contributed by atoms with Crippen LogP contribution in [0.15, 0.2) is 59.4 Å². The number of rotatable bonds is 4. The molecule has 2 aromatic carbocycles. The van der Waals surface area contributed by atoms with E-state index in [1.165, 1.54) is 21.7 Å². The van der Waals surface area contributed by atoms with Crippen LogP contribution in [0.2, 0.25) is 0 Å². The van der Waals surface area contributed by atoms with Crippen LogP contribution in [0.4, 0.5) is 14.9 Å². The largest absolute Gasteiger partial charge is 0.373 e. The molecule has 0 radical (unpaired) electrons. The number of hydrogen-bond acceptors (Lipinski definition) is 4. The van der Waals surface area contributed by atoms with E-state index < -0.39 is 17.3 Å². The number of hydrogen-bond donors (Lipinski definition) is 0. The van der Waals surface area contributed by atoms with Crippen LogP contribution < -0.4 is 10.6 Å². The minimum absolute atomic E-state index is 0.190. The van der Waals surface area contributed by atoms with Gasteiger partial charge in [-0.15, -0.1) is 4.68 Å². The third-order valence-corrected chi connectivity index (χ3v) is 5.01. The molecule has 1 fully saturated rings. The highest BCUT2D eigenvalue weighted by molar-refractivity contribution is 5.93. The molecular formula is C20H20FN5O2. The van der Waals surface area contributed by atoms with Gasteiger partial charge in [0, 0.05) is 11.7 Å². The van der Waals surface area contributed by atoms with Gasteiger partial charge in [-0.1, -0.05) is 30.3 Å². The van der Waals surface area contributed by atoms with E-state index in [4.69, 9.17) is 0 Å². The fourth-order valence-electron chi connectivity index (χ4n) is 3.47. The predicted molar refractivity (Wildman–Crippen MR) is 102 cm³/mol. The van der Waals surface area contributed by atoms with Crippen molar-refractivity contribution in [2.24, 2.45) is 0 Å². The summed E-state index contributed by atoms with van der Waals surface area (Å²) in [7, 11) is 0. The van der Waals surface area contributed by atoms with Crippen LogP contribution in [0.25, 0.3) is 0 Å². The molecule has 1 aromatic heterocycles. The lowest BCUT2D eigenvalue weighted by molar-refractivity contribution is 0.242. The maximum Gasteiger partial charge on any atom is 0.373 e. The zero-order chi connectivity index (χ0) is 19.9. The molecule has 1 heterocycles.